The third-order valence-corrected chi connectivity index (χ3v) is 9.15. The zero-order valence-corrected chi connectivity index (χ0v) is 24.0. The average molecular weight is 597 g/mol. The lowest BCUT2D eigenvalue weighted by molar-refractivity contribution is -0.143. The van der Waals surface area contributed by atoms with E-state index in [1.54, 1.807) is 16.9 Å². The molecule has 0 spiro atoms. The van der Waals surface area contributed by atoms with Crippen LogP contribution in [-0.4, -0.2) is 99.0 Å². The molecule has 42 heavy (non-hydrogen) atoms. The summed E-state index contributed by atoms with van der Waals surface area (Å²) in [6.07, 6.45) is -2.72. The fraction of sp³-hybridized carbons (Fsp3) is 0.690. The van der Waals surface area contributed by atoms with Crippen LogP contribution in [0.15, 0.2) is 18.2 Å². The number of nitrogens with one attached hydrogen (secondary N) is 2. The molecule has 1 aromatic rings. The highest BCUT2D eigenvalue weighted by Crippen LogP contribution is 2.51. The summed E-state index contributed by atoms with van der Waals surface area (Å²) in [5, 5.41) is 6.27. The van der Waals surface area contributed by atoms with E-state index in [0.29, 0.717) is 51.1 Å². The van der Waals surface area contributed by atoms with Crippen molar-refractivity contribution in [2.75, 3.05) is 53.1 Å². The summed E-state index contributed by atoms with van der Waals surface area (Å²) in [6.45, 7) is 3.68. The van der Waals surface area contributed by atoms with Gasteiger partial charge in [0, 0.05) is 58.9 Å². The Hall–Kier alpha value is -2.90. The van der Waals surface area contributed by atoms with E-state index in [0.717, 1.165) is 24.1 Å². The second-order valence-corrected chi connectivity index (χ2v) is 11.8. The molecule has 1 saturated carbocycles. The number of alkyl halides is 3. The highest BCUT2D eigenvalue weighted by Gasteiger charge is 2.60. The first-order chi connectivity index (χ1) is 20.0. The first-order valence-electron chi connectivity index (χ1n) is 14.5. The van der Waals surface area contributed by atoms with Crippen LogP contribution in [-0.2, 0) is 42.9 Å². The number of methoxy groups -OCH3 is 1. The number of rotatable bonds is 7. The first-order valence-corrected chi connectivity index (χ1v) is 14.5. The maximum atomic E-state index is 14.4. The molecule has 3 fully saturated rings. The van der Waals surface area contributed by atoms with Gasteiger partial charge in [0.25, 0.3) is 0 Å². The van der Waals surface area contributed by atoms with Crippen molar-refractivity contribution in [3.05, 3.63) is 34.9 Å². The van der Waals surface area contributed by atoms with Crippen LogP contribution in [0.4, 0.5) is 18.0 Å². The number of nitrogens with zero attached hydrogens (tertiary/aromatic N) is 2. The predicted octanol–water partition coefficient (Wildman–Crippen LogP) is 2.34. The summed E-state index contributed by atoms with van der Waals surface area (Å²) in [4.78, 5) is 41.7. The molecule has 13 heteroatoms. The van der Waals surface area contributed by atoms with Crippen LogP contribution in [0.2, 0.25) is 0 Å². The second kappa shape index (κ2) is 12.4. The van der Waals surface area contributed by atoms with Crippen LogP contribution in [0.3, 0.4) is 0 Å². The van der Waals surface area contributed by atoms with Gasteiger partial charge in [0.15, 0.2) is 0 Å². The van der Waals surface area contributed by atoms with E-state index in [1.165, 1.54) is 13.0 Å². The van der Waals surface area contributed by atoms with Crippen molar-refractivity contribution in [3.8, 4) is 0 Å². The number of carbonyl (C=O) groups is 3. The van der Waals surface area contributed by atoms with Crippen LogP contribution in [0.1, 0.15) is 42.9 Å². The number of hydrogen-bond acceptors (Lipinski definition) is 7. The largest absolute Gasteiger partial charge is 0.448 e. The Labute approximate surface area is 243 Å². The third kappa shape index (κ3) is 6.37. The number of carbonyl (C=O) groups excluding carboxylic acids is 3. The monoisotopic (exact) mass is 596 g/mol. The smallest absolute Gasteiger partial charge is 0.416 e. The Kier molecular flexibility index (Phi) is 9.00. The molecule has 3 aliphatic heterocycles. The van der Waals surface area contributed by atoms with E-state index in [2.05, 4.69) is 10.6 Å². The first kappa shape index (κ1) is 30.6. The molecule has 2 saturated heterocycles. The Morgan fingerprint density at radius 3 is 2.74 bits per heavy atom. The molecule has 5 atom stereocenters. The topological polar surface area (TPSA) is 109 Å². The standard InChI is InChI=1S/C29H39F3N4O6/c1-18(37)33-7-10-42-27(39)36-15-22-12-23(34-24-6-9-41-16-25(24)40-2)13-28(22,17-36)26(38)35-8-5-19-3-4-21(29(30,31)32)11-20(19)14-35/h3-4,11,22-25,34H,5-10,12-17H2,1-2H3,(H,33,37). The zero-order chi connectivity index (χ0) is 30.1. The summed E-state index contributed by atoms with van der Waals surface area (Å²) in [5.41, 5.74) is -0.299. The Morgan fingerprint density at radius 2 is 2.00 bits per heavy atom. The van der Waals surface area contributed by atoms with Gasteiger partial charge in [0.1, 0.15) is 6.61 Å². The molecule has 2 N–H and O–H groups in total. The minimum atomic E-state index is -4.47. The number of benzene rings is 1. The minimum Gasteiger partial charge on any atom is -0.448 e. The minimum absolute atomic E-state index is 0.00606. The van der Waals surface area contributed by atoms with Crippen LogP contribution < -0.4 is 10.6 Å². The van der Waals surface area contributed by atoms with Crippen LogP contribution in [0, 0.1) is 11.3 Å². The summed E-state index contributed by atoms with van der Waals surface area (Å²) >= 11 is 0. The van der Waals surface area contributed by atoms with E-state index >= 15 is 0 Å². The molecule has 5 rings (SSSR count). The molecule has 4 aliphatic rings. The Bertz CT molecular complexity index is 1180. The molecule has 0 radical (unpaired) electrons. The van der Waals surface area contributed by atoms with Crippen LogP contribution >= 0.6 is 0 Å². The maximum Gasteiger partial charge on any atom is 0.416 e. The van der Waals surface area contributed by atoms with E-state index in [-0.39, 0.29) is 62.2 Å². The molecule has 0 aromatic heterocycles. The van der Waals surface area contributed by atoms with Crippen LogP contribution in [0.25, 0.3) is 0 Å². The molecule has 1 aromatic carbocycles. The average Bonchev–Trinajstić information content (AvgIpc) is 3.49. The van der Waals surface area contributed by atoms with Gasteiger partial charge in [-0.1, -0.05) is 6.07 Å². The van der Waals surface area contributed by atoms with Gasteiger partial charge < -0.3 is 34.6 Å². The van der Waals surface area contributed by atoms with Gasteiger partial charge in [-0.15, -0.1) is 0 Å². The number of fused-ring (bicyclic) bond motifs is 2. The van der Waals surface area contributed by atoms with Crippen molar-refractivity contribution >= 4 is 17.9 Å². The van der Waals surface area contributed by atoms with Gasteiger partial charge in [-0.2, -0.15) is 13.2 Å². The number of amides is 3. The highest BCUT2D eigenvalue weighted by molar-refractivity contribution is 5.86. The van der Waals surface area contributed by atoms with Gasteiger partial charge in [-0.3, -0.25) is 9.59 Å². The Balaban J connectivity index is 1.33. The molecule has 1 aliphatic carbocycles. The van der Waals surface area contributed by atoms with Gasteiger partial charge in [0.2, 0.25) is 11.8 Å². The molecule has 232 valence electrons. The molecule has 3 amide bonds. The molecule has 0 bridgehead atoms. The van der Waals surface area contributed by atoms with Crippen molar-refractivity contribution in [3.63, 3.8) is 0 Å². The van der Waals surface area contributed by atoms with Crippen molar-refractivity contribution in [2.24, 2.45) is 11.3 Å². The highest BCUT2D eigenvalue weighted by atomic mass is 19.4. The molecular weight excluding hydrogens is 557 g/mol. The fourth-order valence-corrected chi connectivity index (χ4v) is 7.08. The summed E-state index contributed by atoms with van der Waals surface area (Å²) in [7, 11) is 1.65. The maximum absolute atomic E-state index is 14.4. The lowest BCUT2D eigenvalue weighted by atomic mass is 9.78. The van der Waals surface area contributed by atoms with Crippen molar-refractivity contribution < 1.29 is 41.8 Å². The molecule has 5 unspecified atom stereocenters. The lowest BCUT2D eigenvalue weighted by Crippen LogP contribution is -2.52. The van der Waals surface area contributed by atoms with Gasteiger partial charge >= 0.3 is 12.3 Å². The van der Waals surface area contributed by atoms with Gasteiger partial charge in [0.05, 0.1) is 30.2 Å². The molecular formula is C29H39F3N4O6. The predicted molar refractivity (Wildman–Crippen MR) is 144 cm³/mol. The van der Waals surface area contributed by atoms with Gasteiger partial charge in [-0.05, 0) is 54.9 Å². The van der Waals surface area contributed by atoms with Crippen molar-refractivity contribution in [1.82, 2.24) is 20.4 Å². The van der Waals surface area contributed by atoms with E-state index < -0.39 is 23.2 Å². The van der Waals surface area contributed by atoms with E-state index in [4.69, 9.17) is 14.2 Å². The molecule has 10 nitrogen and oxygen atoms in total. The fourth-order valence-electron chi connectivity index (χ4n) is 7.08. The van der Waals surface area contributed by atoms with Crippen LogP contribution in [0.5, 0.6) is 0 Å². The normalized spacial score (nSPS) is 29.2. The zero-order valence-electron chi connectivity index (χ0n) is 24.0. The SMILES string of the molecule is COC1COCCC1NC1CC2CN(C(=O)OCCNC(C)=O)CC2(C(=O)N2CCc3ccc(C(F)(F)F)cc3C2)C1. The van der Waals surface area contributed by atoms with Crippen molar-refractivity contribution in [2.45, 2.75) is 63.5 Å². The number of ether oxygens (including phenoxy) is 3. The van der Waals surface area contributed by atoms with E-state index in [9.17, 15) is 27.6 Å². The lowest BCUT2D eigenvalue weighted by Gasteiger charge is -2.38. The quantitative estimate of drug-likeness (QED) is 0.465. The summed E-state index contributed by atoms with van der Waals surface area (Å²) < 4.78 is 56.8. The summed E-state index contributed by atoms with van der Waals surface area (Å²) in [6, 6.07) is 3.81. The van der Waals surface area contributed by atoms with Gasteiger partial charge in [-0.25, -0.2) is 4.79 Å². The number of hydrogen-bond donors (Lipinski definition) is 2. The van der Waals surface area contributed by atoms with E-state index in [1.807, 2.05) is 0 Å². The second-order valence-electron chi connectivity index (χ2n) is 11.8. The third-order valence-electron chi connectivity index (χ3n) is 9.15. The number of halogens is 3. The molecule has 3 heterocycles. The summed E-state index contributed by atoms with van der Waals surface area (Å²) in [5.74, 6) is -0.506. The number of likely N-dealkylation sites (tertiary alicyclic amines) is 1. The Morgan fingerprint density at radius 1 is 1.19 bits per heavy atom. The van der Waals surface area contributed by atoms with Crippen molar-refractivity contribution in [1.29, 1.82) is 0 Å².